The summed E-state index contributed by atoms with van der Waals surface area (Å²) in [5.74, 6) is 2.25. The Morgan fingerprint density at radius 2 is 2.00 bits per heavy atom. The van der Waals surface area contributed by atoms with Crippen molar-refractivity contribution in [1.29, 1.82) is 0 Å². The highest BCUT2D eigenvalue weighted by molar-refractivity contribution is 5.46. The molecule has 140 valence electrons. The molecular weight excluding hydrogens is 342 g/mol. The van der Waals surface area contributed by atoms with Gasteiger partial charge in [-0.05, 0) is 53.7 Å². The molecule has 2 heterocycles. The Morgan fingerprint density at radius 3 is 2.74 bits per heavy atom. The molecular formula is C21H23N3O3. The van der Waals surface area contributed by atoms with Crippen molar-refractivity contribution in [3.05, 3.63) is 77.6 Å². The van der Waals surface area contributed by atoms with Crippen LogP contribution in [0.25, 0.3) is 0 Å². The van der Waals surface area contributed by atoms with Gasteiger partial charge in [-0.1, -0.05) is 18.2 Å². The van der Waals surface area contributed by atoms with E-state index in [2.05, 4.69) is 5.32 Å². The summed E-state index contributed by atoms with van der Waals surface area (Å²) < 4.78 is 17.3. The van der Waals surface area contributed by atoms with E-state index in [4.69, 9.17) is 25.7 Å². The summed E-state index contributed by atoms with van der Waals surface area (Å²) in [5.41, 5.74) is 14.3. The molecule has 2 aromatic carbocycles. The van der Waals surface area contributed by atoms with Crippen molar-refractivity contribution in [3.63, 3.8) is 0 Å². The highest BCUT2D eigenvalue weighted by Crippen LogP contribution is 2.37. The molecule has 0 aromatic heterocycles. The molecule has 2 aliphatic rings. The second kappa shape index (κ2) is 6.89. The second-order valence-electron chi connectivity index (χ2n) is 6.75. The number of nitrogens with one attached hydrogen (secondary N) is 1. The fraction of sp³-hybridized carbons (Fsp3) is 0.238. The summed E-state index contributed by atoms with van der Waals surface area (Å²) in [6.07, 6.45) is 5.84. The van der Waals surface area contributed by atoms with Crippen molar-refractivity contribution in [2.75, 3.05) is 13.7 Å². The van der Waals surface area contributed by atoms with Crippen LogP contribution in [0.1, 0.15) is 17.2 Å². The Hall–Kier alpha value is -3.12. The Kier molecular flexibility index (Phi) is 4.41. The number of nitrogens with two attached hydrogens (primary N) is 2. The number of rotatable bonds is 4. The van der Waals surface area contributed by atoms with E-state index in [0.29, 0.717) is 18.7 Å². The topological polar surface area (TPSA) is 91.8 Å². The highest BCUT2D eigenvalue weighted by Gasteiger charge is 2.29. The highest BCUT2D eigenvalue weighted by atomic mass is 16.6. The predicted molar refractivity (Wildman–Crippen MR) is 103 cm³/mol. The zero-order valence-electron chi connectivity index (χ0n) is 15.1. The van der Waals surface area contributed by atoms with Crippen molar-refractivity contribution >= 4 is 0 Å². The van der Waals surface area contributed by atoms with Gasteiger partial charge in [0.15, 0.2) is 17.6 Å². The molecule has 0 aliphatic carbocycles. The number of hydrogen-bond donors (Lipinski definition) is 3. The van der Waals surface area contributed by atoms with E-state index in [1.807, 2.05) is 54.6 Å². The smallest absolute Gasteiger partial charge is 0.162 e. The molecule has 0 radical (unpaired) electrons. The van der Waals surface area contributed by atoms with Crippen LogP contribution in [-0.2, 0) is 6.42 Å². The van der Waals surface area contributed by atoms with E-state index in [9.17, 15) is 0 Å². The number of fused-ring (bicyclic) bond motifs is 1. The van der Waals surface area contributed by atoms with Crippen LogP contribution < -0.4 is 31.0 Å². The van der Waals surface area contributed by atoms with Gasteiger partial charge in [-0.3, -0.25) is 0 Å². The monoisotopic (exact) mass is 365 g/mol. The minimum atomic E-state index is -0.801. The van der Waals surface area contributed by atoms with Gasteiger partial charge in [0.2, 0.25) is 0 Å². The summed E-state index contributed by atoms with van der Waals surface area (Å²) in [6.45, 7) is 0.444. The molecule has 0 saturated heterocycles. The van der Waals surface area contributed by atoms with Crippen molar-refractivity contribution in [3.8, 4) is 17.2 Å². The largest absolute Gasteiger partial charge is 0.497 e. The first-order valence-electron chi connectivity index (χ1n) is 8.83. The van der Waals surface area contributed by atoms with Crippen molar-refractivity contribution < 1.29 is 14.2 Å². The van der Waals surface area contributed by atoms with E-state index in [1.165, 1.54) is 0 Å². The molecule has 2 atom stereocenters. The molecule has 0 amide bonds. The summed E-state index contributed by atoms with van der Waals surface area (Å²) in [6, 6.07) is 13.7. The summed E-state index contributed by atoms with van der Waals surface area (Å²) in [5, 5.41) is 3.13. The van der Waals surface area contributed by atoms with Gasteiger partial charge >= 0.3 is 0 Å². The van der Waals surface area contributed by atoms with Gasteiger partial charge in [0.25, 0.3) is 0 Å². The van der Waals surface area contributed by atoms with E-state index >= 15 is 0 Å². The number of allylic oxidation sites excluding steroid dienone is 2. The molecule has 0 spiro atoms. The molecule has 0 fully saturated rings. The average molecular weight is 365 g/mol. The van der Waals surface area contributed by atoms with Crippen molar-refractivity contribution in [1.82, 2.24) is 5.32 Å². The van der Waals surface area contributed by atoms with Crippen LogP contribution in [0, 0.1) is 0 Å². The number of benzene rings is 2. The van der Waals surface area contributed by atoms with Crippen LogP contribution in [0.3, 0.4) is 0 Å². The third-order valence-corrected chi connectivity index (χ3v) is 4.87. The van der Waals surface area contributed by atoms with Crippen LogP contribution in [0.2, 0.25) is 0 Å². The average Bonchev–Trinajstić information content (AvgIpc) is 2.70. The maximum atomic E-state index is 6.39. The molecule has 2 unspecified atom stereocenters. The SMILES string of the molecule is COc1ccc(C2COc3cc(CC4(N)NC=CC=C4N)ccc3O2)cc1. The van der Waals surface area contributed by atoms with E-state index in [1.54, 1.807) is 13.3 Å². The first-order chi connectivity index (χ1) is 13.1. The van der Waals surface area contributed by atoms with Gasteiger partial charge in [-0.2, -0.15) is 0 Å². The zero-order chi connectivity index (χ0) is 18.9. The standard InChI is InChI=1S/C21H23N3O3/c1-25-16-7-5-15(6-8-16)19-13-26-18-11-14(4-9-17(18)27-19)12-21(23)20(22)3-2-10-24-21/h2-11,19,24H,12-13,22-23H2,1H3. The fourth-order valence-corrected chi connectivity index (χ4v) is 3.26. The lowest BCUT2D eigenvalue weighted by Crippen LogP contribution is -2.57. The molecule has 6 heteroatoms. The maximum absolute atomic E-state index is 6.39. The Morgan fingerprint density at radius 1 is 1.19 bits per heavy atom. The van der Waals surface area contributed by atoms with Gasteiger partial charge in [-0.15, -0.1) is 0 Å². The lowest BCUT2D eigenvalue weighted by Gasteiger charge is -2.33. The summed E-state index contributed by atoms with van der Waals surface area (Å²) >= 11 is 0. The van der Waals surface area contributed by atoms with Crippen LogP contribution in [0.5, 0.6) is 17.2 Å². The predicted octanol–water partition coefficient (Wildman–Crippen LogP) is 2.36. The molecule has 6 nitrogen and oxygen atoms in total. The van der Waals surface area contributed by atoms with Crippen molar-refractivity contribution in [2.24, 2.45) is 11.5 Å². The van der Waals surface area contributed by atoms with Crippen LogP contribution in [0.15, 0.2) is 66.5 Å². The fourth-order valence-electron chi connectivity index (χ4n) is 3.26. The Bertz CT molecular complexity index is 892. The number of hydrogen-bond acceptors (Lipinski definition) is 6. The normalized spacial score (nSPS) is 23.3. The lowest BCUT2D eigenvalue weighted by molar-refractivity contribution is 0.0911. The minimum Gasteiger partial charge on any atom is -0.497 e. The van der Waals surface area contributed by atoms with Gasteiger partial charge in [0.1, 0.15) is 18.0 Å². The summed E-state index contributed by atoms with van der Waals surface area (Å²) in [4.78, 5) is 0. The number of dihydropyridines is 1. The molecule has 0 bridgehead atoms. The quantitative estimate of drug-likeness (QED) is 0.770. The molecule has 4 rings (SSSR count). The van der Waals surface area contributed by atoms with Crippen LogP contribution in [-0.4, -0.2) is 19.4 Å². The van der Waals surface area contributed by atoms with E-state index in [0.717, 1.165) is 28.4 Å². The van der Waals surface area contributed by atoms with E-state index < -0.39 is 5.66 Å². The maximum Gasteiger partial charge on any atom is 0.162 e. The molecule has 2 aliphatic heterocycles. The third-order valence-electron chi connectivity index (χ3n) is 4.87. The number of methoxy groups -OCH3 is 1. The van der Waals surface area contributed by atoms with Gasteiger partial charge < -0.3 is 31.0 Å². The third kappa shape index (κ3) is 3.44. The molecule has 0 saturated carbocycles. The van der Waals surface area contributed by atoms with E-state index in [-0.39, 0.29) is 6.10 Å². The van der Waals surface area contributed by atoms with Gasteiger partial charge in [-0.25, -0.2) is 0 Å². The van der Waals surface area contributed by atoms with Gasteiger partial charge in [0.05, 0.1) is 7.11 Å². The lowest BCUT2D eigenvalue weighted by atomic mass is 9.95. The second-order valence-corrected chi connectivity index (χ2v) is 6.75. The molecule has 5 N–H and O–H groups in total. The number of ether oxygens (including phenoxy) is 3. The minimum absolute atomic E-state index is 0.154. The Labute approximate surface area is 158 Å². The first kappa shape index (κ1) is 17.3. The van der Waals surface area contributed by atoms with Crippen molar-refractivity contribution in [2.45, 2.75) is 18.2 Å². The van der Waals surface area contributed by atoms with Gasteiger partial charge in [0, 0.05) is 12.1 Å². The Balaban J connectivity index is 1.49. The first-order valence-corrected chi connectivity index (χ1v) is 8.83. The molecule has 27 heavy (non-hydrogen) atoms. The van der Waals surface area contributed by atoms with Crippen LogP contribution >= 0.6 is 0 Å². The zero-order valence-corrected chi connectivity index (χ0v) is 15.1. The molecule has 2 aromatic rings. The van der Waals surface area contributed by atoms with Crippen LogP contribution in [0.4, 0.5) is 0 Å². The summed E-state index contributed by atoms with van der Waals surface area (Å²) in [7, 11) is 1.65.